The lowest BCUT2D eigenvalue weighted by molar-refractivity contribution is 0.103. The molecule has 1 aliphatic carbocycles. The third kappa shape index (κ3) is 4.55. The molecule has 270 valence electrons. The van der Waals surface area contributed by atoms with Gasteiger partial charge in [-0.1, -0.05) is 129 Å². The van der Waals surface area contributed by atoms with Crippen molar-refractivity contribution in [2.45, 2.75) is 29.1 Å². The lowest BCUT2D eigenvalue weighted by Crippen LogP contribution is -2.30. The first-order chi connectivity index (χ1) is 28.0. The summed E-state index contributed by atoms with van der Waals surface area (Å²) in [4.78, 5) is 19.1. The lowest BCUT2D eigenvalue weighted by Gasteiger charge is -2.37. The van der Waals surface area contributed by atoms with Crippen LogP contribution in [0.5, 0.6) is 0 Å². The predicted molar refractivity (Wildman–Crippen MR) is 236 cm³/mol. The van der Waals surface area contributed by atoms with Gasteiger partial charge in [0.1, 0.15) is 0 Å². The van der Waals surface area contributed by atoms with Crippen LogP contribution in [0.2, 0.25) is 0 Å². The topological polar surface area (TPSA) is 30.2 Å². The summed E-state index contributed by atoms with van der Waals surface area (Å²) < 4.78 is 4.77. The Hall–Kier alpha value is -6.82. The van der Waals surface area contributed by atoms with Crippen LogP contribution in [-0.4, -0.2) is 14.9 Å². The number of ketones is 1. The number of hydrogen-bond donors (Lipinski definition) is 0. The summed E-state index contributed by atoms with van der Waals surface area (Å²) in [5.41, 5.74) is 13.3. The summed E-state index contributed by atoms with van der Waals surface area (Å²) in [5, 5.41) is 4.92. The zero-order valence-corrected chi connectivity index (χ0v) is 32.2. The predicted octanol–water partition coefficient (Wildman–Crippen LogP) is 13.7. The molecule has 2 aliphatic rings. The molecule has 12 rings (SSSR count). The minimum atomic E-state index is -0.320. The molecule has 8 aromatic carbocycles. The van der Waals surface area contributed by atoms with E-state index in [0.717, 1.165) is 60.5 Å². The molecule has 1 aliphatic heterocycles. The van der Waals surface area contributed by atoms with Gasteiger partial charge in [-0.15, -0.1) is 0 Å². The van der Waals surface area contributed by atoms with Gasteiger partial charge in [0, 0.05) is 64.9 Å². The van der Waals surface area contributed by atoms with Gasteiger partial charge in [0.2, 0.25) is 0 Å². The Morgan fingerprint density at radius 3 is 1.35 bits per heavy atom. The van der Waals surface area contributed by atoms with Gasteiger partial charge in [-0.25, -0.2) is 0 Å². The maximum atomic E-state index is 14.4. The fourth-order valence-electron chi connectivity index (χ4n) is 9.66. The molecule has 0 amide bonds. The first-order valence-corrected chi connectivity index (χ1v) is 20.3. The van der Waals surface area contributed by atoms with E-state index in [2.05, 4.69) is 186 Å². The Labute approximate surface area is 334 Å². The van der Waals surface area contributed by atoms with Crippen LogP contribution in [0.3, 0.4) is 0 Å². The second-order valence-corrected chi connectivity index (χ2v) is 16.8. The van der Waals surface area contributed by atoms with Gasteiger partial charge in [0.25, 0.3) is 0 Å². The summed E-state index contributed by atoms with van der Waals surface area (Å²) in [7, 11) is 0. The number of benzene rings is 8. The number of rotatable bonds is 3. The van der Waals surface area contributed by atoms with Crippen molar-refractivity contribution < 1.29 is 4.79 Å². The Balaban J connectivity index is 1.11. The molecule has 57 heavy (non-hydrogen) atoms. The van der Waals surface area contributed by atoms with Crippen molar-refractivity contribution in [3.63, 3.8) is 0 Å². The van der Waals surface area contributed by atoms with E-state index < -0.39 is 0 Å². The van der Waals surface area contributed by atoms with Crippen molar-refractivity contribution >= 4 is 78.2 Å². The van der Waals surface area contributed by atoms with Crippen LogP contribution in [-0.2, 0) is 5.41 Å². The van der Waals surface area contributed by atoms with Crippen LogP contribution >= 0.6 is 11.8 Å². The highest BCUT2D eigenvalue weighted by Gasteiger charge is 2.37. The molecule has 5 heteroatoms. The highest BCUT2D eigenvalue weighted by molar-refractivity contribution is 7.99. The van der Waals surface area contributed by atoms with E-state index >= 15 is 0 Å². The molecule has 0 radical (unpaired) electrons. The van der Waals surface area contributed by atoms with Gasteiger partial charge < -0.3 is 14.0 Å². The van der Waals surface area contributed by atoms with Crippen molar-refractivity contribution in [2.24, 2.45) is 0 Å². The molecule has 0 unspecified atom stereocenters. The molecule has 0 N–H and O–H groups in total. The van der Waals surface area contributed by atoms with E-state index in [9.17, 15) is 4.79 Å². The Bertz CT molecular complexity index is 3080. The number of fused-ring (bicyclic) bond motifs is 10. The highest BCUT2D eigenvalue weighted by atomic mass is 32.2. The molecule has 10 aromatic rings. The monoisotopic (exact) mass is 749 g/mol. The van der Waals surface area contributed by atoms with Gasteiger partial charge in [-0.3, -0.25) is 4.79 Å². The molecule has 2 aromatic heterocycles. The van der Waals surface area contributed by atoms with Gasteiger partial charge in [-0.2, -0.15) is 0 Å². The average Bonchev–Trinajstić information content (AvgIpc) is 3.77. The third-order valence-corrected chi connectivity index (χ3v) is 13.4. The highest BCUT2D eigenvalue weighted by Crippen LogP contribution is 2.54. The van der Waals surface area contributed by atoms with E-state index in [-0.39, 0.29) is 11.2 Å². The van der Waals surface area contributed by atoms with Gasteiger partial charge in [0.05, 0.1) is 33.4 Å². The number of aromatic nitrogens is 2. The molecule has 0 saturated carbocycles. The molecule has 4 nitrogen and oxygen atoms in total. The number of para-hydroxylation sites is 4. The standard InChI is InChI=1S/C52H35N3OS/c1-52(2)41-18-8-3-17-39(41)51(56)40-29-32(23-26-42(40)52)55-47-30-33(53-43-19-9-4-13-35(43)36-14-5-10-20-44(36)53)24-27-49(47)57-50-28-25-34(31-48(50)55)54-45-21-11-6-15-37(45)38-16-7-12-22-46(38)54/h3-31H,1-2H3. The SMILES string of the molecule is CC1(C)c2ccccc2C(=O)c2cc(N3c4cc(-n5c6ccccc6c6ccccc65)ccc4Sc4ccc(-n5c6ccccc6c6ccccc65)cc43)ccc21. The Kier molecular flexibility index (Phi) is 6.74. The fourth-order valence-corrected chi connectivity index (χ4v) is 10.7. The number of carbonyl (C=O) groups is 1. The minimum absolute atomic E-state index is 0.0756. The smallest absolute Gasteiger partial charge is 0.193 e. The average molecular weight is 750 g/mol. The fraction of sp³-hybridized carbons (Fsp3) is 0.0577. The number of hydrogen-bond acceptors (Lipinski definition) is 3. The molecule has 0 saturated heterocycles. The lowest BCUT2D eigenvalue weighted by atomic mass is 9.68. The van der Waals surface area contributed by atoms with Gasteiger partial charge in [-0.05, 0) is 83.9 Å². The van der Waals surface area contributed by atoms with E-state index in [4.69, 9.17) is 0 Å². The second kappa shape index (κ2) is 11.8. The number of anilines is 3. The summed E-state index contributed by atoms with van der Waals surface area (Å²) in [6, 6.07) is 63.0. The largest absolute Gasteiger partial charge is 0.309 e. The van der Waals surface area contributed by atoms with Crippen molar-refractivity contribution in [2.75, 3.05) is 4.90 Å². The van der Waals surface area contributed by atoms with E-state index in [1.54, 1.807) is 11.8 Å². The maximum Gasteiger partial charge on any atom is 0.193 e. The molecule has 3 heterocycles. The summed E-state index contributed by atoms with van der Waals surface area (Å²) in [6.45, 7) is 4.46. The molecular formula is C52H35N3OS. The first kappa shape index (κ1) is 32.4. The zero-order valence-electron chi connectivity index (χ0n) is 31.4. The number of carbonyl (C=O) groups excluding carboxylic acids is 1. The summed E-state index contributed by atoms with van der Waals surface area (Å²) in [6.07, 6.45) is 0. The third-order valence-electron chi connectivity index (χ3n) is 12.3. The Morgan fingerprint density at radius 1 is 0.421 bits per heavy atom. The van der Waals surface area contributed by atoms with Crippen molar-refractivity contribution in [3.8, 4) is 11.4 Å². The van der Waals surface area contributed by atoms with Crippen LogP contribution in [0.1, 0.15) is 40.9 Å². The quantitative estimate of drug-likeness (QED) is 0.180. The van der Waals surface area contributed by atoms with Gasteiger partial charge in [0.15, 0.2) is 5.78 Å². The molecule has 0 bridgehead atoms. The van der Waals surface area contributed by atoms with Crippen LogP contribution in [0.4, 0.5) is 17.1 Å². The van der Waals surface area contributed by atoms with Crippen LogP contribution in [0.15, 0.2) is 186 Å². The van der Waals surface area contributed by atoms with E-state index in [1.165, 1.54) is 43.6 Å². The van der Waals surface area contributed by atoms with Crippen molar-refractivity contribution in [1.29, 1.82) is 0 Å². The molecule has 0 atom stereocenters. The first-order valence-electron chi connectivity index (χ1n) is 19.5. The minimum Gasteiger partial charge on any atom is -0.309 e. The molecule has 0 fully saturated rings. The summed E-state index contributed by atoms with van der Waals surface area (Å²) in [5.74, 6) is 0.0756. The number of nitrogens with zero attached hydrogens (tertiary/aromatic N) is 3. The van der Waals surface area contributed by atoms with Gasteiger partial charge >= 0.3 is 0 Å². The van der Waals surface area contributed by atoms with Crippen LogP contribution in [0.25, 0.3) is 55.0 Å². The van der Waals surface area contributed by atoms with Crippen molar-refractivity contribution in [3.05, 3.63) is 198 Å². The van der Waals surface area contributed by atoms with E-state index in [0.29, 0.717) is 0 Å². The molecular weight excluding hydrogens is 715 g/mol. The normalized spacial score (nSPS) is 14.2. The molecule has 0 spiro atoms. The van der Waals surface area contributed by atoms with Crippen molar-refractivity contribution in [1.82, 2.24) is 9.13 Å². The summed E-state index contributed by atoms with van der Waals surface area (Å²) >= 11 is 1.80. The van der Waals surface area contributed by atoms with E-state index in [1.807, 2.05) is 18.2 Å². The zero-order chi connectivity index (χ0) is 38.0. The Morgan fingerprint density at radius 2 is 0.842 bits per heavy atom. The maximum absolute atomic E-state index is 14.4. The second-order valence-electron chi connectivity index (χ2n) is 15.7. The van der Waals surface area contributed by atoms with Crippen LogP contribution in [0, 0.1) is 0 Å². The van der Waals surface area contributed by atoms with Crippen LogP contribution < -0.4 is 4.90 Å².